The van der Waals surface area contributed by atoms with E-state index in [1.807, 2.05) is 48.5 Å². The maximum atomic E-state index is 12.7. The van der Waals surface area contributed by atoms with Crippen LogP contribution in [0.25, 0.3) is 33.5 Å². The first-order valence-corrected chi connectivity index (χ1v) is 12.0. The predicted octanol–water partition coefficient (Wildman–Crippen LogP) is 4.85. The fourth-order valence-electron chi connectivity index (χ4n) is 3.61. The zero-order valence-electron chi connectivity index (χ0n) is 18.7. The lowest BCUT2D eigenvalue weighted by molar-refractivity contribution is 0.491. The van der Waals surface area contributed by atoms with Gasteiger partial charge in [-0.2, -0.15) is 0 Å². The van der Waals surface area contributed by atoms with E-state index in [4.69, 9.17) is 0 Å². The molecule has 0 bridgehead atoms. The highest BCUT2D eigenvalue weighted by molar-refractivity contribution is 7.89. The van der Waals surface area contributed by atoms with Crippen LogP contribution < -0.4 is 10.3 Å². The molecule has 0 fully saturated rings. The number of H-pyrrole nitrogens is 1. The van der Waals surface area contributed by atoms with Gasteiger partial charge in [-0.05, 0) is 67.8 Å². The average Bonchev–Trinajstić information content (AvgIpc) is 2.79. The molecule has 2 N–H and O–H groups in total. The Morgan fingerprint density at radius 3 is 2.12 bits per heavy atom. The molecule has 2 aromatic heterocycles. The van der Waals surface area contributed by atoms with Crippen LogP contribution in [0, 0.1) is 0 Å². The van der Waals surface area contributed by atoms with Crippen LogP contribution in [-0.4, -0.2) is 23.9 Å². The van der Waals surface area contributed by atoms with Gasteiger partial charge in [0.15, 0.2) is 0 Å². The summed E-state index contributed by atoms with van der Waals surface area (Å²) in [5.41, 5.74) is 3.67. The number of pyridine rings is 2. The lowest BCUT2D eigenvalue weighted by Gasteiger charge is -2.20. The Balaban J connectivity index is 1.76. The van der Waals surface area contributed by atoms with E-state index < -0.39 is 15.6 Å². The molecule has 0 saturated carbocycles. The van der Waals surface area contributed by atoms with E-state index in [0.717, 1.165) is 27.9 Å². The van der Waals surface area contributed by atoms with Crippen molar-refractivity contribution in [1.29, 1.82) is 0 Å². The molecule has 0 spiro atoms. The monoisotopic (exact) mass is 459 g/mol. The van der Waals surface area contributed by atoms with Crippen molar-refractivity contribution in [3.63, 3.8) is 0 Å². The molecule has 168 valence electrons. The molecule has 0 unspecified atom stereocenters. The number of rotatable bonds is 5. The van der Waals surface area contributed by atoms with Gasteiger partial charge < -0.3 is 4.98 Å². The van der Waals surface area contributed by atoms with Crippen LogP contribution in [0.5, 0.6) is 0 Å². The van der Waals surface area contributed by atoms with E-state index in [0.29, 0.717) is 5.56 Å². The highest BCUT2D eigenvalue weighted by Crippen LogP contribution is 2.32. The van der Waals surface area contributed by atoms with Crippen molar-refractivity contribution in [2.24, 2.45) is 0 Å². The maximum absolute atomic E-state index is 12.7. The molecule has 0 amide bonds. The summed E-state index contributed by atoms with van der Waals surface area (Å²) in [6.45, 7) is 5.39. The number of hydrogen-bond donors (Lipinski definition) is 2. The minimum Gasteiger partial charge on any atom is -0.328 e. The SMILES string of the molecule is CC(C)(C)NS(=O)(=O)c1ccc(-c2ccccc2-c2cc(-c3ccccn3)c[nH]c2=O)cc1. The van der Waals surface area contributed by atoms with Gasteiger partial charge in [0.1, 0.15) is 0 Å². The van der Waals surface area contributed by atoms with Crippen molar-refractivity contribution in [3.8, 4) is 33.5 Å². The summed E-state index contributed by atoms with van der Waals surface area (Å²) in [5.74, 6) is 0. The number of nitrogens with zero attached hydrogens (tertiary/aromatic N) is 1. The number of sulfonamides is 1. The summed E-state index contributed by atoms with van der Waals surface area (Å²) < 4.78 is 27.9. The van der Waals surface area contributed by atoms with Crippen LogP contribution in [0.2, 0.25) is 0 Å². The van der Waals surface area contributed by atoms with Gasteiger partial charge in [0.2, 0.25) is 10.0 Å². The van der Waals surface area contributed by atoms with Gasteiger partial charge in [-0.1, -0.05) is 42.5 Å². The quantitative estimate of drug-likeness (QED) is 0.446. The standard InChI is InChI=1S/C26H25N3O3S/c1-26(2,3)29-33(31,32)20-13-11-18(12-14-20)21-8-4-5-9-22(21)23-16-19(17-28-25(23)30)24-10-6-7-15-27-24/h4-17,29H,1-3H3,(H,28,30). The van der Waals surface area contributed by atoms with Crippen LogP contribution >= 0.6 is 0 Å². The van der Waals surface area contributed by atoms with Crippen LogP contribution in [0.4, 0.5) is 0 Å². The average molecular weight is 460 g/mol. The lowest BCUT2D eigenvalue weighted by Crippen LogP contribution is -2.40. The van der Waals surface area contributed by atoms with Gasteiger partial charge in [0.25, 0.3) is 5.56 Å². The second-order valence-corrected chi connectivity index (χ2v) is 10.5. The minimum absolute atomic E-state index is 0.189. The topological polar surface area (TPSA) is 91.9 Å². The summed E-state index contributed by atoms with van der Waals surface area (Å²) in [6, 6.07) is 21.7. The molecule has 4 rings (SSSR count). The highest BCUT2D eigenvalue weighted by atomic mass is 32.2. The molecule has 6 nitrogen and oxygen atoms in total. The smallest absolute Gasteiger partial charge is 0.255 e. The molecular formula is C26H25N3O3S. The van der Waals surface area contributed by atoms with Gasteiger partial charge in [-0.15, -0.1) is 0 Å². The second-order valence-electron chi connectivity index (χ2n) is 8.77. The first-order chi connectivity index (χ1) is 15.6. The first-order valence-electron chi connectivity index (χ1n) is 10.5. The fraction of sp³-hybridized carbons (Fsp3) is 0.154. The largest absolute Gasteiger partial charge is 0.328 e. The van der Waals surface area contributed by atoms with Crippen LogP contribution in [0.15, 0.2) is 94.9 Å². The van der Waals surface area contributed by atoms with Crippen molar-refractivity contribution < 1.29 is 8.42 Å². The van der Waals surface area contributed by atoms with Crippen molar-refractivity contribution in [3.05, 3.63) is 95.5 Å². The van der Waals surface area contributed by atoms with Crippen LogP contribution in [0.3, 0.4) is 0 Å². The van der Waals surface area contributed by atoms with Crippen molar-refractivity contribution in [2.75, 3.05) is 0 Å². The summed E-state index contributed by atoms with van der Waals surface area (Å²) in [6.07, 6.45) is 3.36. The summed E-state index contributed by atoms with van der Waals surface area (Å²) in [5, 5.41) is 0. The normalized spacial score (nSPS) is 12.0. The van der Waals surface area contributed by atoms with Crippen molar-refractivity contribution >= 4 is 10.0 Å². The number of aromatic amines is 1. The molecule has 0 atom stereocenters. The molecule has 2 heterocycles. The molecular weight excluding hydrogens is 434 g/mol. The lowest BCUT2D eigenvalue weighted by atomic mass is 9.94. The summed E-state index contributed by atoms with van der Waals surface area (Å²) in [7, 11) is -3.63. The number of benzene rings is 2. The molecule has 4 aromatic rings. The van der Waals surface area contributed by atoms with Crippen molar-refractivity contribution in [2.45, 2.75) is 31.2 Å². The van der Waals surface area contributed by atoms with Crippen molar-refractivity contribution in [1.82, 2.24) is 14.7 Å². The Hall–Kier alpha value is -3.55. The van der Waals surface area contributed by atoms with Crippen LogP contribution in [-0.2, 0) is 10.0 Å². The van der Waals surface area contributed by atoms with E-state index in [1.54, 1.807) is 57.4 Å². The van der Waals surface area contributed by atoms with Gasteiger partial charge in [0, 0.05) is 29.1 Å². The van der Waals surface area contributed by atoms with Gasteiger partial charge >= 0.3 is 0 Å². The Kier molecular flexibility index (Phi) is 6.01. The first kappa shape index (κ1) is 22.6. The molecule has 0 aliphatic carbocycles. The summed E-state index contributed by atoms with van der Waals surface area (Å²) in [4.78, 5) is 20.1. The highest BCUT2D eigenvalue weighted by Gasteiger charge is 2.22. The minimum atomic E-state index is -3.63. The van der Waals surface area contributed by atoms with Crippen LogP contribution in [0.1, 0.15) is 20.8 Å². The third-order valence-electron chi connectivity index (χ3n) is 5.00. The Bertz CT molecular complexity index is 1440. The van der Waals surface area contributed by atoms with E-state index >= 15 is 0 Å². The second kappa shape index (κ2) is 8.77. The molecule has 0 aliphatic rings. The Morgan fingerprint density at radius 2 is 1.48 bits per heavy atom. The zero-order chi connectivity index (χ0) is 23.6. The fourth-order valence-corrected chi connectivity index (χ4v) is 5.03. The molecule has 7 heteroatoms. The zero-order valence-corrected chi connectivity index (χ0v) is 19.5. The predicted molar refractivity (Wildman–Crippen MR) is 131 cm³/mol. The molecule has 2 aromatic carbocycles. The number of aromatic nitrogens is 2. The van der Waals surface area contributed by atoms with E-state index in [9.17, 15) is 13.2 Å². The van der Waals surface area contributed by atoms with E-state index in [1.165, 1.54) is 0 Å². The van der Waals surface area contributed by atoms with Gasteiger partial charge in [0.05, 0.1) is 10.6 Å². The Labute approximate surface area is 193 Å². The van der Waals surface area contributed by atoms with E-state index in [-0.39, 0.29) is 10.5 Å². The number of nitrogens with one attached hydrogen (secondary N) is 2. The summed E-state index contributed by atoms with van der Waals surface area (Å²) >= 11 is 0. The molecule has 33 heavy (non-hydrogen) atoms. The van der Waals surface area contributed by atoms with E-state index in [2.05, 4.69) is 14.7 Å². The molecule has 0 aliphatic heterocycles. The number of hydrogen-bond acceptors (Lipinski definition) is 4. The maximum Gasteiger partial charge on any atom is 0.255 e. The van der Waals surface area contributed by atoms with Gasteiger partial charge in [-0.3, -0.25) is 9.78 Å². The molecule has 0 radical (unpaired) electrons. The Morgan fingerprint density at radius 1 is 0.818 bits per heavy atom. The molecule has 0 saturated heterocycles. The van der Waals surface area contributed by atoms with Gasteiger partial charge in [-0.25, -0.2) is 13.1 Å². The third-order valence-corrected chi connectivity index (χ3v) is 6.77. The third kappa shape index (κ3) is 5.10.